The summed E-state index contributed by atoms with van der Waals surface area (Å²) in [5, 5.41) is 2.58. The van der Waals surface area contributed by atoms with Gasteiger partial charge in [-0.15, -0.1) is 0 Å². The Labute approximate surface area is 231 Å². The van der Waals surface area contributed by atoms with Gasteiger partial charge < -0.3 is 13.9 Å². The molecule has 0 bridgehead atoms. The van der Waals surface area contributed by atoms with E-state index in [9.17, 15) is 4.79 Å². The molecule has 0 radical (unpaired) electrons. The molecule has 0 aliphatic heterocycles. The normalized spacial score (nSPS) is 21.2. The molecule has 4 nitrogen and oxygen atoms in total. The van der Waals surface area contributed by atoms with E-state index >= 15 is 9.13 Å². The van der Waals surface area contributed by atoms with E-state index in [-0.39, 0.29) is 0 Å². The fourth-order valence-corrected chi connectivity index (χ4v) is 14.7. The summed E-state index contributed by atoms with van der Waals surface area (Å²) in [6.45, 7) is 7.27. The van der Waals surface area contributed by atoms with Gasteiger partial charge in [0.2, 0.25) is 0 Å². The quantitative estimate of drug-likeness (QED) is 0.204. The van der Waals surface area contributed by atoms with Gasteiger partial charge in [-0.1, -0.05) is 121 Å². The monoisotopic (exact) mass is 556 g/mol. The number of benzene rings is 4. The van der Waals surface area contributed by atoms with E-state index in [1.807, 2.05) is 142 Å². The second kappa shape index (κ2) is 10.1. The fraction of sp³-hybridized carbons (Fsp3) is 0.242. The first kappa shape index (κ1) is 27.4. The molecule has 0 saturated heterocycles. The van der Waals surface area contributed by atoms with E-state index < -0.39 is 42.6 Å². The summed E-state index contributed by atoms with van der Waals surface area (Å²) in [6.07, 6.45) is 0. The maximum Gasteiger partial charge on any atom is 0.313 e. The van der Waals surface area contributed by atoms with Gasteiger partial charge in [0, 0.05) is 32.5 Å². The summed E-state index contributed by atoms with van der Waals surface area (Å²) in [7, 11) is -6.98. The fourth-order valence-electron chi connectivity index (χ4n) is 5.79. The Morgan fingerprint density at radius 1 is 0.590 bits per heavy atom. The highest BCUT2D eigenvalue weighted by atomic mass is 31.2. The lowest BCUT2D eigenvalue weighted by atomic mass is 10.1. The van der Waals surface area contributed by atoms with Crippen LogP contribution in [0.1, 0.15) is 27.7 Å². The molecule has 0 amide bonds. The van der Waals surface area contributed by atoms with Gasteiger partial charge in [-0.05, 0) is 27.7 Å². The van der Waals surface area contributed by atoms with E-state index in [0.29, 0.717) is 21.2 Å². The molecule has 200 valence electrons. The first-order valence-corrected chi connectivity index (χ1v) is 16.7. The Morgan fingerprint density at radius 3 is 1.08 bits per heavy atom. The maximum atomic E-state index is 15.7. The third-order valence-corrected chi connectivity index (χ3v) is 15.3. The molecule has 0 heterocycles. The van der Waals surface area contributed by atoms with Crippen LogP contribution in [0.15, 0.2) is 121 Å². The second-order valence-electron chi connectivity index (χ2n) is 11.3. The van der Waals surface area contributed by atoms with Crippen LogP contribution < -0.4 is 21.2 Å². The van der Waals surface area contributed by atoms with Crippen LogP contribution in [0.2, 0.25) is 0 Å². The van der Waals surface area contributed by atoms with E-state index in [2.05, 4.69) is 0 Å². The molecule has 39 heavy (non-hydrogen) atoms. The van der Waals surface area contributed by atoms with Gasteiger partial charge in [-0.3, -0.25) is 4.79 Å². The van der Waals surface area contributed by atoms with Crippen molar-refractivity contribution in [3.63, 3.8) is 0 Å². The van der Waals surface area contributed by atoms with Crippen LogP contribution in [0.4, 0.5) is 0 Å². The summed E-state index contributed by atoms with van der Waals surface area (Å²) in [5.41, 5.74) is -3.47. The third-order valence-electron chi connectivity index (χ3n) is 7.60. The van der Waals surface area contributed by atoms with Gasteiger partial charge in [0.15, 0.2) is 0 Å². The van der Waals surface area contributed by atoms with Crippen LogP contribution in [-0.2, 0) is 18.7 Å². The van der Waals surface area contributed by atoms with Crippen molar-refractivity contribution < 1.29 is 18.7 Å². The SMILES string of the molecule is CC(C)(C)OC(=O)C1(C)[C@@H](P(=O)(c2ccccc2)c2ccccc2)[C@@H]1P(=O)(c1ccccc1)c1ccccc1. The van der Waals surface area contributed by atoms with Crippen LogP contribution >= 0.6 is 14.3 Å². The topological polar surface area (TPSA) is 60.4 Å². The standard InChI is InChI=1S/C33H34O4P2/c1-32(2,3)37-31(34)33(4)29(38(35,25-17-9-5-10-18-25)26-19-11-6-12-20-26)30(33)39(36,27-21-13-7-14-22-27)28-23-15-8-16-24-28/h5-24,29-30H,1-4H3/t29-,30-/m0/s1. The highest BCUT2D eigenvalue weighted by Gasteiger charge is 2.79. The van der Waals surface area contributed by atoms with Gasteiger partial charge >= 0.3 is 5.97 Å². The average Bonchev–Trinajstić information content (AvgIpc) is 3.61. The molecule has 0 unspecified atom stereocenters. The van der Waals surface area contributed by atoms with Crippen molar-refractivity contribution in [1.29, 1.82) is 0 Å². The zero-order valence-electron chi connectivity index (χ0n) is 22.7. The Kier molecular flexibility index (Phi) is 7.08. The molecular weight excluding hydrogens is 522 g/mol. The lowest BCUT2D eigenvalue weighted by Crippen LogP contribution is -2.32. The molecule has 0 spiro atoms. The summed E-state index contributed by atoms with van der Waals surface area (Å²) < 4.78 is 37.3. The van der Waals surface area contributed by atoms with Crippen LogP contribution in [0.25, 0.3) is 0 Å². The predicted octanol–water partition coefficient (Wildman–Crippen LogP) is 6.11. The summed E-state index contributed by atoms with van der Waals surface area (Å²) in [6, 6.07) is 37.3. The van der Waals surface area contributed by atoms with E-state index in [1.54, 1.807) is 6.92 Å². The average molecular weight is 557 g/mol. The second-order valence-corrected chi connectivity index (χ2v) is 17.1. The van der Waals surface area contributed by atoms with Crippen LogP contribution in [-0.4, -0.2) is 22.9 Å². The zero-order valence-corrected chi connectivity index (χ0v) is 24.5. The highest BCUT2D eigenvalue weighted by molar-refractivity contribution is 7.84. The first-order chi connectivity index (χ1) is 18.5. The number of rotatable bonds is 7. The minimum atomic E-state index is -3.49. The summed E-state index contributed by atoms with van der Waals surface area (Å²) in [4.78, 5) is 14.1. The largest absolute Gasteiger partial charge is 0.460 e. The molecule has 1 aliphatic rings. The number of carbonyl (C=O) groups excluding carboxylic acids is 1. The van der Waals surface area contributed by atoms with E-state index in [0.717, 1.165) is 0 Å². The number of ether oxygens (including phenoxy) is 1. The third kappa shape index (κ3) is 4.65. The molecule has 2 atom stereocenters. The van der Waals surface area contributed by atoms with Gasteiger partial charge in [0.25, 0.3) is 0 Å². The van der Waals surface area contributed by atoms with Crippen molar-refractivity contribution >= 4 is 41.5 Å². The molecule has 1 aliphatic carbocycles. The first-order valence-electron chi connectivity index (χ1n) is 13.2. The summed E-state index contributed by atoms with van der Waals surface area (Å²) in [5.74, 6) is -0.468. The number of carbonyl (C=O) groups is 1. The molecule has 5 rings (SSSR count). The van der Waals surface area contributed by atoms with Crippen molar-refractivity contribution in [2.75, 3.05) is 0 Å². The van der Waals surface area contributed by atoms with Crippen LogP contribution in [0.3, 0.4) is 0 Å². The van der Waals surface area contributed by atoms with E-state index in [1.165, 1.54) is 0 Å². The van der Waals surface area contributed by atoms with Gasteiger partial charge in [0.05, 0.1) is 5.41 Å². The molecule has 1 fully saturated rings. The van der Waals surface area contributed by atoms with Gasteiger partial charge in [-0.25, -0.2) is 0 Å². The smallest absolute Gasteiger partial charge is 0.313 e. The number of hydrogen-bond donors (Lipinski definition) is 0. The molecule has 4 aromatic rings. The molecule has 4 aromatic carbocycles. The minimum absolute atomic E-state index is 0.468. The molecule has 6 heteroatoms. The minimum Gasteiger partial charge on any atom is -0.460 e. The Morgan fingerprint density at radius 2 is 0.846 bits per heavy atom. The van der Waals surface area contributed by atoms with Gasteiger partial charge in [0.1, 0.15) is 19.9 Å². The van der Waals surface area contributed by atoms with Crippen molar-refractivity contribution in [3.8, 4) is 0 Å². The van der Waals surface area contributed by atoms with Crippen molar-refractivity contribution in [2.24, 2.45) is 5.41 Å². The van der Waals surface area contributed by atoms with Gasteiger partial charge in [-0.2, -0.15) is 0 Å². The lowest BCUT2D eigenvalue weighted by Gasteiger charge is -2.25. The Hall–Kier alpha value is -3.19. The predicted molar refractivity (Wildman–Crippen MR) is 161 cm³/mol. The van der Waals surface area contributed by atoms with Crippen molar-refractivity contribution in [3.05, 3.63) is 121 Å². The molecule has 0 aromatic heterocycles. The van der Waals surface area contributed by atoms with Crippen molar-refractivity contribution in [1.82, 2.24) is 0 Å². The molecule has 1 saturated carbocycles. The highest BCUT2D eigenvalue weighted by Crippen LogP contribution is 2.79. The summed E-state index contributed by atoms with van der Waals surface area (Å²) >= 11 is 0. The van der Waals surface area contributed by atoms with Crippen molar-refractivity contribution in [2.45, 2.75) is 44.6 Å². The number of hydrogen-bond acceptors (Lipinski definition) is 4. The Balaban J connectivity index is 1.81. The van der Waals surface area contributed by atoms with Crippen LogP contribution in [0.5, 0.6) is 0 Å². The van der Waals surface area contributed by atoms with Crippen LogP contribution in [0, 0.1) is 5.41 Å². The number of esters is 1. The lowest BCUT2D eigenvalue weighted by molar-refractivity contribution is -0.160. The zero-order chi connectivity index (χ0) is 27.9. The molecular formula is C33H34O4P2. The maximum absolute atomic E-state index is 15.7. The van der Waals surface area contributed by atoms with E-state index in [4.69, 9.17) is 4.74 Å². The molecule has 0 N–H and O–H groups in total. The Bertz CT molecular complexity index is 1360.